The average Bonchev–Trinajstić information content (AvgIpc) is 2.32. The third kappa shape index (κ3) is 8.61. The van der Waals surface area contributed by atoms with Crippen LogP contribution in [0.4, 0.5) is 0 Å². The number of nitrogens with zero attached hydrogens (tertiary/aromatic N) is 1. The Morgan fingerprint density at radius 1 is 1.21 bits per heavy atom. The molecule has 0 aromatic carbocycles. The first-order valence-corrected chi connectivity index (χ1v) is 7.94. The summed E-state index contributed by atoms with van der Waals surface area (Å²) in [6, 6.07) is 0.558. The number of ether oxygens (including phenoxy) is 1. The van der Waals surface area contributed by atoms with E-state index in [1.165, 1.54) is 38.9 Å². The Kier molecular flexibility index (Phi) is 7.33. The Bertz CT molecular complexity index is 227. The Hall–Kier alpha value is -0.120. The maximum Gasteiger partial charge on any atom is 0.0600 e. The molecule has 0 unspecified atom stereocenters. The maximum absolute atomic E-state index is 5.94. The summed E-state index contributed by atoms with van der Waals surface area (Å²) in [6.07, 6.45) is 4.17. The highest BCUT2D eigenvalue weighted by molar-refractivity contribution is 4.74. The van der Waals surface area contributed by atoms with Gasteiger partial charge in [-0.25, -0.2) is 0 Å². The molecule has 0 aromatic heterocycles. The third-order valence-electron chi connectivity index (χ3n) is 3.72. The van der Waals surface area contributed by atoms with Gasteiger partial charge in [-0.3, -0.25) is 0 Å². The molecular weight excluding hydrogens is 236 g/mol. The molecule has 3 nitrogen and oxygen atoms in total. The summed E-state index contributed by atoms with van der Waals surface area (Å²) in [4.78, 5) is 2.59. The number of hydrogen-bond donors (Lipinski definition) is 1. The number of piperidine rings is 1. The van der Waals surface area contributed by atoms with Gasteiger partial charge in [0.15, 0.2) is 0 Å². The van der Waals surface area contributed by atoms with Crippen molar-refractivity contribution in [1.29, 1.82) is 0 Å². The van der Waals surface area contributed by atoms with Crippen molar-refractivity contribution in [2.45, 2.75) is 66.0 Å². The van der Waals surface area contributed by atoms with Crippen molar-refractivity contribution in [3.63, 3.8) is 0 Å². The molecule has 1 saturated heterocycles. The van der Waals surface area contributed by atoms with E-state index in [1.54, 1.807) is 0 Å². The molecule has 0 bridgehead atoms. The van der Waals surface area contributed by atoms with Gasteiger partial charge in [-0.15, -0.1) is 0 Å². The fourth-order valence-electron chi connectivity index (χ4n) is 2.37. The van der Waals surface area contributed by atoms with Crippen LogP contribution in [0.5, 0.6) is 0 Å². The van der Waals surface area contributed by atoms with E-state index in [0.29, 0.717) is 17.6 Å². The zero-order valence-electron chi connectivity index (χ0n) is 13.7. The molecule has 19 heavy (non-hydrogen) atoms. The Morgan fingerprint density at radius 3 is 2.37 bits per heavy atom. The van der Waals surface area contributed by atoms with Gasteiger partial charge in [0.25, 0.3) is 0 Å². The molecule has 1 aliphatic rings. The fraction of sp³-hybridized carbons (Fsp3) is 1.00. The minimum Gasteiger partial charge on any atom is -0.377 e. The van der Waals surface area contributed by atoms with E-state index in [2.05, 4.69) is 44.8 Å². The van der Waals surface area contributed by atoms with E-state index >= 15 is 0 Å². The molecule has 1 fully saturated rings. The van der Waals surface area contributed by atoms with Gasteiger partial charge in [-0.05, 0) is 31.2 Å². The summed E-state index contributed by atoms with van der Waals surface area (Å²) in [6.45, 7) is 16.8. The maximum atomic E-state index is 5.94. The second-order valence-electron chi connectivity index (χ2n) is 7.33. The second kappa shape index (κ2) is 8.23. The minimum absolute atomic E-state index is 0.454. The second-order valence-corrected chi connectivity index (χ2v) is 7.33. The minimum atomic E-state index is 0.454. The van der Waals surface area contributed by atoms with E-state index in [0.717, 1.165) is 13.2 Å². The first-order valence-electron chi connectivity index (χ1n) is 7.94. The molecule has 0 aliphatic carbocycles. The topological polar surface area (TPSA) is 24.5 Å². The highest BCUT2D eigenvalue weighted by Crippen LogP contribution is 2.21. The SMILES string of the molecule is CC(C)NCCOC1CCN(CCC(C)(C)C)CC1. The van der Waals surface area contributed by atoms with E-state index in [-0.39, 0.29) is 0 Å². The summed E-state index contributed by atoms with van der Waals surface area (Å²) in [5.74, 6) is 0. The van der Waals surface area contributed by atoms with E-state index in [4.69, 9.17) is 4.74 Å². The summed E-state index contributed by atoms with van der Waals surface area (Å²) in [5, 5.41) is 3.40. The molecule has 1 aliphatic heterocycles. The zero-order chi connectivity index (χ0) is 14.3. The van der Waals surface area contributed by atoms with Crippen molar-refractivity contribution in [2.75, 3.05) is 32.8 Å². The lowest BCUT2D eigenvalue weighted by molar-refractivity contribution is 0.00703. The van der Waals surface area contributed by atoms with Crippen LogP contribution in [-0.2, 0) is 4.74 Å². The highest BCUT2D eigenvalue weighted by Gasteiger charge is 2.20. The van der Waals surface area contributed by atoms with Gasteiger partial charge in [-0.1, -0.05) is 34.6 Å². The molecule has 1 heterocycles. The van der Waals surface area contributed by atoms with Gasteiger partial charge < -0.3 is 15.0 Å². The van der Waals surface area contributed by atoms with Crippen molar-refractivity contribution in [1.82, 2.24) is 10.2 Å². The number of nitrogens with one attached hydrogen (secondary N) is 1. The van der Waals surface area contributed by atoms with Crippen LogP contribution in [0.1, 0.15) is 53.9 Å². The summed E-state index contributed by atoms with van der Waals surface area (Å²) in [7, 11) is 0. The summed E-state index contributed by atoms with van der Waals surface area (Å²) in [5.41, 5.74) is 0.454. The van der Waals surface area contributed by atoms with Gasteiger partial charge in [0, 0.05) is 25.7 Å². The number of likely N-dealkylation sites (tertiary alicyclic amines) is 1. The first-order chi connectivity index (χ1) is 8.87. The largest absolute Gasteiger partial charge is 0.377 e. The molecule has 0 spiro atoms. The summed E-state index contributed by atoms with van der Waals surface area (Å²) < 4.78 is 5.94. The third-order valence-corrected chi connectivity index (χ3v) is 3.72. The van der Waals surface area contributed by atoms with Crippen molar-refractivity contribution in [2.24, 2.45) is 5.41 Å². The van der Waals surface area contributed by atoms with Gasteiger partial charge in [0.2, 0.25) is 0 Å². The predicted molar refractivity (Wildman–Crippen MR) is 82.6 cm³/mol. The van der Waals surface area contributed by atoms with Gasteiger partial charge in [-0.2, -0.15) is 0 Å². The normalized spacial score (nSPS) is 19.3. The average molecular weight is 270 g/mol. The molecular formula is C16H34N2O. The van der Waals surface area contributed by atoms with Crippen LogP contribution in [0.15, 0.2) is 0 Å². The highest BCUT2D eigenvalue weighted by atomic mass is 16.5. The fourth-order valence-corrected chi connectivity index (χ4v) is 2.37. The Balaban J connectivity index is 2.05. The van der Waals surface area contributed by atoms with Crippen LogP contribution in [0, 0.1) is 5.41 Å². The van der Waals surface area contributed by atoms with E-state index in [1.807, 2.05) is 0 Å². The molecule has 0 atom stereocenters. The lowest BCUT2D eigenvalue weighted by Crippen LogP contribution is -2.39. The molecule has 0 aromatic rings. The number of rotatable bonds is 7. The standard InChI is InChI=1S/C16H34N2O/c1-14(2)17-9-13-19-15-6-10-18(11-7-15)12-8-16(3,4)5/h14-15,17H,6-13H2,1-5H3. The molecule has 0 saturated carbocycles. The molecule has 0 amide bonds. The van der Waals surface area contributed by atoms with Crippen molar-refractivity contribution in [3.8, 4) is 0 Å². The lowest BCUT2D eigenvalue weighted by Gasteiger charge is -2.33. The monoisotopic (exact) mass is 270 g/mol. The van der Waals surface area contributed by atoms with Crippen LogP contribution in [0.25, 0.3) is 0 Å². The van der Waals surface area contributed by atoms with Crippen molar-refractivity contribution >= 4 is 0 Å². The van der Waals surface area contributed by atoms with Crippen LogP contribution in [0.2, 0.25) is 0 Å². The Labute approximate surface area is 120 Å². The van der Waals surface area contributed by atoms with Crippen LogP contribution in [0.3, 0.4) is 0 Å². The molecule has 1 rings (SSSR count). The predicted octanol–water partition coefficient (Wildman–Crippen LogP) is 2.90. The smallest absolute Gasteiger partial charge is 0.0600 e. The molecule has 3 heteroatoms. The molecule has 114 valence electrons. The van der Waals surface area contributed by atoms with Crippen molar-refractivity contribution < 1.29 is 4.74 Å². The van der Waals surface area contributed by atoms with Gasteiger partial charge in [0.1, 0.15) is 0 Å². The van der Waals surface area contributed by atoms with Crippen LogP contribution < -0.4 is 5.32 Å². The molecule has 1 N–H and O–H groups in total. The Morgan fingerprint density at radius 2 is 1.84 bits per heavy atom. The van der Waals surface area contributed by atoms with Crippen LogP contribution in [-0.4, -0.2) is 49.8 Å². The quantitative estimate of drug-likeness (QED) is 0.720. The van der Waals surface area contributed by atoms with Crippen molar-refractivity contribution in [3.05, 3.63) is 0 Å². The lowest BCUT2D eigenvalue weighted by atomic mass is 9.91. The zero-order valence-corrected chi connectivity index (χ0v) is 13.7. The van der Waals surface area contributed by atoms with Gasteiger partial charge in [0.05, 0.1) is 12.7 Å². The van der Waals surface area contributed by atoms with E-state index < -0.39 is 0 Å². The van der Waals surface area contributed by atoms with E-state index in [9.17, 15) is 0 Å². The first kappa shape index (κ1) is 16.9. The number of hydrogen-bond acceptors (Lipinski definition) is 3. The summed E-state index contributed by atoms with van der Waals surface area (Å²) >= 11 is 0. The van der Waals surface area contributed by atoms with Gasteiger partial charge >= 0.3 is 0 Å². The molecule has 0 radical (unpaired) electrons. The van der Waals surface area contributed by atoms with Crippen LogP contribution >= 0.6 is 0 Å².